The lowest BCUT2D eigenvalue weighted by Crippen LogP contribution is -1.91. The number of nitrogens with zero attached hydrogens (tertiary/aromatic N) is 1. The van der Waals surface area contributed by atoms with Crippen LogP contribution in [0.5, 0.6) is 11.5 Å². The molecule has 0 bridgehead atoms. The number of rotatable bonds is 4. The maximum atomic E-state index is 9.38. The zero-order valence-corrected chi connectivity index (χ0v) is 10.2. The molecule has 0 saturated heterocycles. The highest BCUT2D eigenvalue weighted by molar-refractivity contribution is 5.56. The van der Waals surface area contributed by atoms with Crippen LogP contribution in [0.1, 0.15) is 23.9 Å². The van der Waals surface area contributed by atoms with Crippen LogP contribution in [-0.4, -0.2) is 15.4 Å². The lowest BCUT2D eigenvalue weighted by molar-refractivity contribution is 0.401. The van der Waals surface area contributed by atoms with E-state index in [1.165, 1.54) is 6.07 Å². The minimum Gasteiger partial charge on any atom is -0.504 e. The van der Waals surface area contributed by atoms with Crippen molar-refractivity contribution in [1.29, 1.82) is 0 Å². The van der Waals surface area contributed by atoms with Crippen LogP contribution in [0.2, 0.25) is 0 Å². The Balaban J connectivity index is 2.02. The molecule has 1 aromatic carbocycles. The predicted octanol–water partition coefficient (Wildman–Crippen LogP) is 2.90. The van der Waals surface area contributed by atoms with Gasteiger partial charge in [0.25, 0.3) is 0 Å². The Morgan fingerprint density at radius 2 is 2.00 bits per heavy atom. The SMILES string of the molecule is C=C(C)c1cc(CCc2ccc(O)c(O)c2)no1. The number of aromatic hydroxyl groups is 2. The molecule has 1 aromatic heterocycles. The molecule has 0 aliphatic rings. The van der Waals surface area contributed by atoms with Crippen LogP contribution in [0.4, 0.5) is 0 Å². The Labute approximate surface area is 105 Å². The first-order valence-electron chi connectivity index (χ1n) is 5.68. The molecule has 18 heavy (non-hydrogen) atoms. The highest BCUT2D eigenvalue weighted by atomic mass is 16.5. The summed E-state index contributed by atoms with van der Waals surface area (Å²) in [5.74, 6) is 0.485. The van der Waals surface area contributed by atoms with Gasteiger partial charge < -0.3 is 14.7 Å². The Kier molecular flexibility index (Phi) is 3.37. The largest absolute Gasteiger partial charge is 0.504 e. The molecule has 0 saturated carbocycles. The van der Waals surface area contributed by atoms with E-state index in [1.54, 1.807) is 12.1 Å². The molecular weight excluding hydrogens is 230 g/mol. The van der Waals surface area contributed by atoms with Gasteiger partial charge in [0, 0.05) is 6.07 Å². The molecule has 4 nitrogen and oxygen atoms in total. The molecule has 0 aliphatic heterocycles. The second-order valence-corrected chi connectivity index (χ2v) is 4.29. The average Bonchev–Trinajstić information content (AvgIpc) is 2.79. The molecule has 0 amide bonds. The maximum Gasteiger partial charge on any atom is 0.162 e. The standard InChI is InChI=1S/C14H15NO3/c1-9(2)14-8-11(15-18-14)5-3-10-4-6-12(16)13(17)7-10/h4,6-8,16-17H,1,3,5H2,2H3. The molecule has 2 rings (SSSR count). The highest BCUT2D eigenvalue weighted by Crippen LogP contribution is 2.25. The van der Waals surface area contributed by atoms with Gasteiger partial charge in [-0.05, 0) is 43.0 Å². The quantitative estimate of drug-likeness (QED) is 0.813. The van der Waals surface area contributed by atoms with Crippen LogP contribution in [0.25, 0.3) is 5.57 Å². The molecule has 4 heteroatoms. The predicted molar refractivity (Wildman–Crippen MR) is 68.4 cm³/mol. The third-order valence-electron chi connectivity index (χ3n) is 2.69. The van der Waals surface area contributed by atoms with Crippen molar-refractivity contribution in [3.05, 3.63) is 47.9 Å². The summed E-state index contributed by atoms with van der Waals surface area (Å²) in [6.07, 6.45) is 1.43. The van der Waals surface area contributed by atoms with Crippen LogP contribution in [0, 0.1) is 0 Å². The van der Waals surface area contributed by atoms with E-state index >= 15 is 0 Å². The molecule has 0 radical (unpaired) electrons. The van der Waals surface area contributed by atoms with Crippen LogP contribution < -0.4 is 0 Å². The zero-order chi connectivity index (χ0) is 13.1. The van der Waals surface area contributed by atoms with Crippen LogP contribution in [-0.2, 0) is 12.8 Å². The summed E-state index contributed by atoms with van der Waals surface area (Å²) in [6.45, 7) is 5.65. The van der Waals surface area contributed by atoms with Crippen molar-refractivity contribution >= 4 is 5.57 Å². The lowest BCUT2D eigenvalue weighted by Gasteiger charge is -2.01. The molecule has 0 unspecified atom stereocenters. The van der Waals surface area contributed by atoms with Gasteiger partial charge >= 0.3 is 0 Å². The summed E-state index contributed by atoms with van der Waals surface area (Å²) in [5.41, 5.74) is 2.63. The second kappa shape index (κ2) is 4.96. The molecule has 0 spiro atoms. The Bertz CT molecular complexity index is 572. The van der Waals surface area contributed by atoms with E-state index in [0.717, 1.165) is 23.3 Å². The van der Waals surface area contributed by atoms with Gasteiger partial charge in [-0.25, -0.2) is 0 Å². The summed E-state index contributed by atoms with van der Waals surface area (Å²) < 4.78 is 5.12. The van der Waals surface area contributed by atoms with Crippen LogP contribution >= 0.6 is 0 Å². The molecular formula is C14H15NO3. The summed E-state index contributed by atoms with van der Waals surface area (Å²) in [4.78, 5) is 0. The minimum atomic E-state index is -0.107. The summed E-state index contributed by atoms with van der Waals surface area (Å²) in [7, 11) is 0. The highest BCUT2D eigenvalue weighted by Gasteiger charge is 2.06. The molecule has 0 fully saturated rings. The summed E-state index contributed by atoms with van der Waals surface area (Å²) in [6, 6.07) is 6.67. The summed E-state index contributed by atoms with van der Waals surface area (Å²) >= 11 is 0. The van der Waals surface area contributed by atoms with Crippen molar-refractivity contribution < 1.29 is 14.7 Å². The number of phenols is 2. The normalized spacial score (nSPS) is 10.5. The van der Waals surface area contributed by atoms with Gasteiger partial charge in [0.15, 0.2) is 17.3 Å². The van der Waals surface area contributed by atoms with E-state index in [1.807, 2.05) is 13.0 Å². The lowest BCUT2D eigenvalue weighted by atomic mass is 10.1. The van der Waals surface area contributed by atoms with Crippen LogP contribution in [0.15, 0.2) is 35.4 Å². The van der Waals surface area contributed by atoms with Crippen molar-refractivity contribution in [3.8, 4) is 11.5 Å². The Hall–Kier alpha value is -2.23. The number of benzene rings is 1. The minimum absolute atomic E-state index is 0.102. The average molecular weight is 245 g/mol. The van der Waals surface area contributed by atoms with Gasteiger partial charge in [0.1, 0.15) is 0 Å². The molecule has 2 N–H and O–H groups in total. The fourth-order valence-electron chi connectivity index (χ4n) is 1.63. The van der Waals surface area contributed by atoms with E-state index in [-0.39, 0.29) is 11.5 Å². The first kappa shape index (κ1) is 12.2. The Morgan fingerprint density at radius 3 is 2.61 bits per heavy atom. The van der Waals surface area contributed by atoms with Gasteiger partial charge in [0.2, 0.25) is 0 Å². The zero-order valence-electron chi connectivity index (χ0n) is 10.2. The molecule has 2 aromatic rings. The number of phenolic OH excluding ortho intramolecular Hbond substituents is 2. The molecule has 0 atom stereocenters. The number of hydrogen-bond donors (Lipinski definition) is 2. The van der Waals surface area contributed by atoms with Crippen molar-refractivity contribution in [2.75, 3.05) is 0 Å². The molecule has 94 valence electrons. The fraction of sp³-hybridized carbons (Fsp3) is 0.214. The van der Waals surface area contributed by atoms with E-state index in [9.17, 15) is 10.2 Å². The van der Waals surface area contributed by atoms with Gasteiger partial charge in [-0.15, -0.1) is 0 Å². The van der Waals surface area contributed by atoms with E-state index in [4.69, 9.17) is 4.52 Å². The van der Waals surface area contributed by atoms with Crippen LogP contribution in [0.3, 0.4) is 0 Å². The van der Waals surface area contributed by atoms with Crippen molar-refractivity contribution in [1.82, 2.24) is 5.16 Å². The Morgan fingerprint density at radius 1 is 1.22 bits per heavy atom. The maximum absolute atomic E-state index is 9.38. The first-order valence-corrected chi connectivity index (χ1v) is 5.68. The molecule has 1 heterocycles. The second-order valence-electron chi connectivity index (χ2n) is 4.29. The third kappa shape index (κ3) is 2.71. The topological polar surface area (TPSA) is 66.5 Å². The van der Waals surface area contributed by atoms with Crippen molar-refractivity contribution in [3.63, 3.8) is 0 Å². The number of hydrogen-bond acceptors (Lipinski definition) is 4. The van der Waals surface area contributed by atoms with E-state index in [0.29, 0.717) is 12.2 Å². The molecule has 0 aliphatic carbocycles. The van der Waals surface area contributed by atoms with Gasteiger partial charge in [0.05, 0.1) is 5.69 Å². The third-order valence-corrected chi connectivity index (χ3v) is 2.69. The van der Waals surface area contributed by atoms with Gasteiger partial charge in [-0.1, -0.05) is 17.8 Å². The fourth-order valence-corrected chi connectivity index (χ4v) is 1.63. The smallest absolute Gasteiger partial charge is 0.162 e. The number of aromatic nitrogens is 1. The van der Waals surface area contributed by atoms with E-state index in [2.05, 4.69) is 11.7 Å². The summed E-state index contributed by atoms with van der Waals surface area (Å²) in [5, 5.41) is 22.5. The van der Waals surface area contributed by atoms with Gasteiger partial charge in [-0.2, -0.15) is 0 Å². The number of aryl methyl sites for hydroxylation is 2. The van der Waals surface area contributed by atoms with Gasteiger partial charge in [-0.3, -0.25) is 0 Å². The first-order chi connectivity index (χ1) is 8.56. The van der Waals surface area contributed by atoms with Crippen molar-refractivity contribution in [2.24, 2.45) is 0 Å². The van der Waals surface area contributed by atoms with E-state index < -0.39 is 0 Å². The van der Waals surface area contributed by atoms with Crippen molar-refractivity contribution in [2.45, 2.75) is 19.8 Å². The number of allylic oxidation sites excluding steroid dienone is 1. The monoisotopic (exact) mass is 245 g/mol.